The number of benzene rings is 3. The highest BCUT2D eigenvalue weighted by Crippen LogP contribution is 2.67. The van der Waals surface area contributed by atoms with Crippen LogP contribution in [0.1, 0.15) is 47.4 Å². The van der Waals surface area contributed by atoms with Crippen molar-refractivity contribution in [3.63, 3.8) is 0 Å². The van der Waals surface area contributed by atoms with Crippen molar-refractivity contribution in [1.29, 1.82) is 0 Å². The van der Waals surface area contributed by atoms with E-state index in [0.717, 1.165) is 23.7 Å². The molecular weight excluding hydrogens is 324 g/mol. The van der Waals surface area contributed by atoms with E-state index in [-0.39, 0.29) is 0 Å². The van der Waals surface area contributed by atoms with Gasteiger partial charge in [-0.15, -0.1) is 0 Å². The van der Waals surface area contributed by atoms with E-state index in [9.17, 15) is 0 Å². The van der Waals surface area contributed by atoms with Crippen molar-refractivity contribution >= 4 is 11.1 Å². The first-order chi connectivity index (χ1) is 13.4. The second kappa shape index (κ2) is 5.01. The molecule has 130 valence electrons. The van der Waals surface area contributed by atoms with Gasteiger partial charge in [0.1, 0.15) is 0 Å². The third-order valence-electron chi connectivity index (χ3n) is 7.81. The fourth-order valence-corrected chi connectivity index (χ4v) is 6.98. The van der Waals surface area contributed by atoms with Crippen molar-refractivity contribution in [2.75, 3.05) is 0 Å². The zero-order valence-electron chi connectivity index (χ0n) is 15.4. The lowest BCUT2D eigenvalue weighted by Gasteiger charge is -2.27. The van der Waals surface area contributed by atoms with Crippen LogP contribution in [0, 0.1) is 17.8 Å². The Morgan fingerprint density at radius 2 is 1.04 bits per heavy atom. The van der Waals surface area contributed by atoms with E-state index >= 15 is 0 Å². The lowest BCUT2D eigenvalue weighted by Crippen LogP contribution is -2.16. The van der Waals surface area contributed by atoms with Crippen LogP contribution in [0.15, 0.2) is 72.8 Å². The summed E-state index contributed by atoms with van der Waals surface area (Å²) in [5, 5.41) is 0. The topological polar surface area (TPSA) is 0 Å². The molecule has 0 heteroatoms. The fourth-order valence-electron chi connectivity index (χ4n) is 6.98. The van der Waals surface area contributed by atoms with Crippen LogP contribution in [0.5, 0.6) is 0 Å². The van der Waals surface area contributed by atoms with Gasteiger partial charge in [0.05, 0.1) is 0 Å². The summed E-state index contributed by atoms with van der Waals surface area (Å²) in [5.41, 5.74) is 12.1. The van der Waals surface area contributed by atoms with E-state index in [1.165, 1.54) is 47.1 Å². The molecule has 2 saturated carbocycles. The standard InChI is InChI=1S/C27H22/c1-3-9-20-18(7-1)19-8-2-4-10-21(19)26(20)27-23-12-6-5-11-22(23)24-16-13-14-17(15-16)25(24)27/h1-12,16-17,24-25H,13-15H2. The SMILES string of the molecule is c1ccc2c(c1)C(=C1c3ccccc3C3C4CCC(C4)C13)c1ccccc1-2. The van der Waals surface area contributed by atoms with Crippen molar-refractivity contribution < 1.29 is 0 Å². The zero-order valence-corrected chi connectivity index (χ0v) is 15.4. The summed E-state index contributed by atoms with van der Waals surface area (Å²) >= 11 is 0. The highest BCUT2D eigenvalue weighted by atomic mass is 14.6. The maximum Gasteiger partial charge on any atom is -0.00493 e. The van der Waals surface area contributed by atoms with E-state index in [4.69, 9.17) is 0 Å². The van der Waals surface area contributed by atoms with Crippen LogP contribution in [0.3, 0.4) is 0 Å². The summed E-state index contributed by atoms with van der Waals surface area (Å²) in [7, 11) is 0. The smallest absolute Gasteiger partial charge is 0.00493 e. The van der Waals surface area contributed by atoms with Crippen LogP contribution in [-0.4, -0.2) is 0 Å². The molecule has 0 N–H and O–H groups in total. The molecule has 0 radical (unpaired) electrons. The van der Waals surface area contributed by atoms with Gasteiger partial charge < -0.3 is 0 Å². The summed E-state index contributed by atoms with van der Waals surface area (Å²) < 4.78 is 0. The van der Waals surface area contributed by atoms with Gasteiger partial charge in [0.2, 0.25) is 0 Å². The van der Waals surface area contributed by atoms with Crippen LogP contribution in [0.4, 0.5) is 0 Å². The summed E-state index contributed by atoms with van der Waals surface area (Å²) in [4.78, 5) is 0. The average molecular weight is 346 g/mol. The lowest BCUT2D eigenvalue weighted by molar-refractivity contribution is 0.365. The Morgan fingerprint density at radius 1 is 0.519 bits per heavy atom. The Hall–Kier alpha value is -2.60. The Morgan fingerprint density at radius 3 is 1.70 bits per heavy atom. The number of hydrogen-bond acceptors (Lipinski definition) is 0. The Labute approximate surface area is 160 Å². The normalized spacial score (nSPS) is 28.9. The first-order valence-corrected chi connectivity index (χ1v) is 10.4. The molecule has 3 aromatic carbocycles. The maximum atomic E-state index is 2.42. The van der Waals surface area contributed by atoms with Gasteiger partial charge in [-0.25, -0.2) is 0 Å². The van der Waals surface area contributed by atoms with E-state index < -0.39 is 0 Å². The van der Waals surface area contributed by atoms with E-state index in [1.807, 2.05) is 0 Å². The molecule has 0 spiro atoms. The van der Waals surface area contributed by atoms with E-state index in [2.05, 4.69) is 72.8 Å². The van der Waals surface area contributed by atoms with Crippen LogP contribution in [-0.2, 0) is 0 Å². The Bertz CT molecular complexity index is 1080. The van der Waals surface area contributed by atoms with Gasteiger partial charge >= 0.3 is 0 Å². The zero-order chi connectivity index (χ0) is 17.5. The van der Waals surface area contributed by atoms with Gasteiger partial charge in [0, 0.05) is 0 Å². The van der Waals surface area contributed by atoms with Gasteiger partial charge in [-0.2, -0.15) is 0 Å². The van der Waals surface area contributed by atoms with Crippen LogP contribution in [0.2, 0.25) is 0 Å². The van der Waals surface area contributed by atoms with Crippen molar-refractivity contribution in [2.24, 2.45) is 17.8 Å². The van der Waals surface area contributed by atoms with Crippen molar-refractivity contribution in [1.82, 2.24) is 0 Å². The molecule has 4 atom stereocenters. The molecule has 0 aliphatic heterocycles. The Balaban J connectivity index is 1.61. The third kappa shape index (κ3) is 1.70. The predicted molar refractivity (Wildman–Crippen MR) is 111 cm³/mol. The molecule has 0 aromatic heterocycles. The van der Waals surface area contributed by atoms with Gasteiger partial charge in [0.25, 0.3) is 0 Å². The molecule has 0 nitrogen and oxygen atoms in total. The van der Waals surface area contributed by atoms with Crippen LogP contribution in [0.25, 0.3) is 22.3 Å². The summed E-state index contributed by atoms with van der Waals surface area (Å²) in [6.45, 7) is 0. The minimum Gasteiger partial charge on any atom is -0.0619 e. The number of hydrogen-bond donors (Lipinski definition) is 0. The van der Waals surface area contributed by atoms with Gasteiger partial charge in [-0.05, 0) is 87.5 Å². The first kappa shape index (κ1) is 14.5. The number of allylic oxidation sites excluding steroid dienone is 1. The maximum absolute atomic E-state index is 2.42. The molecule has 27 heavy (non-hydrogen) atoms. The molecule has 0 heterocycles. The van der Waals surface area contributed by atoms with Crippen LogP contribution < -0.4 is 0 Å². The van der Waals surface area contributed by atoms with Crippen LogP contribution >= 0.6 is 0 Å². The summed E-state index contributed by atoms with van der Waals surface area (Å²) in [6.07, 6.45) is 4.32. The largest absolute Gasteiger partial charge is 0.0619 e. The molecule has 2 bridgehead atoms. The van der Waals surface area contributed by atoms with Crippen molar-refractivity contribution in [3.05, 3.63) is 95.1 Å². The van der Waals surface area contributed by atoms with Crippen molar-refractivity contribution in [3.8, 4) is 11.1 Å². The Kier molecular flexibility index (Phi) is 2.68. The number of rotatable bonds is 0. The predicted octanol–water partition coefficient (Wildman–Crippen LogP) is 6.77. The number of fused-ring (bicyclic) bond motifs is 10. The second-order valence-electron chi connectivity index (χ2n) is 8.85. The monoisotopic (exact) mass is 346 g/mol. The summed E-state index contributed by atoms with van der Waals surface area (Å²) in [6, 6.07) is 27.4. The molecule has 0 amide bonds. The molecule has 4 unspecified atom stereocenters. The fraction of sp³-hybridized carbons (Fsp3) is 0.259. The lowest BCUT2D eigenvalue weighted by atomic mass is 9.76. The molecule has 7 rings (SSSR count). The quantitative estimate of drug-likeness (QED) is 0.329. The van der Waals surface area contributed by atoms with Crippen molar-refractivity contribution in [2.45, 2.75) is 25.2 Å². The van der Waals surface area contributed by atoms with E-state index in [1.54, 1.807) is 16.7 Å². The molecule has 4 aliphatic rings. The van der Waals surface area contributed by atoms with Gasteiger partial charge in [-0.1, -0.05) is 72.8 Å². The first-order valence-electron chi connectivity index (χ1n) is 10.4. The van der Waals surface area contributed by atoms with Gasteiger partial charge in [-0.3, -0.25) is 0 Å². The van der Waals surface area contributed by atoms with E-state index in [0.29, 0.717) is 0 Å². The second-order valence-corrected chi connectivity index (χ2v) is 8.85. The summed E-state index contributed by atoms with van der Waals surface area (Å²) in [5.74, 6) is 3.29. The molecule has 3 aromatic rings. The molecule has 0 saturated heterocycles. The minimum absolute atomic E-state index is 0.732. The van der Waals surface area contributed by atoms with Gasteiger partial charge in [0.15, 0.2) is 0 Å². The third-order valence-corrected chi connectivity index (χ3v) is 7.81. The molecule has 2 fully saturated rings. The molecular formula is C27H22. The molecule has 4 aliphatic carbocycles. The average Bonchev–Trinajstić information content (AvgIpc) is 3.47. The highest BCUT2D eigenvalue weighted by molar-refractivity contribution is 6.12. The highest BCUT2D eigenvalue weighted by Gasteiger charge is 2.54. The minimum atomic E-state index is 0.732.